The van der Waals surface area contributed by atoms with Gasteiger partial charge in [0.05, 0.1) is 10.6 Å². The van der Waals surface area contributed by atoms with Crippen molar-refractivity contribution in [3.63, 3.8) is 0 Å². The van der Waals surface area contributed by atoms with Crippen molar-refractivity contribution in [2.24, 2.45) is 0 Å². The van der Waals surface area contributed by atoms with Gasteiger partial charge in [-0.05, 0) is 23.8 Å². The Kier molecular flexibility index (Phi) is 3.39. The van der Waals surface area contributed by atoms with E-state index in [2.05, 4.69) is 0 Å². The maximum Gasteiger partial charge on any atom is 0.338 e. The van der Waals surface area contributed by atoms with E-state index in [9.17, 15) is 9.18 Å². The topological polar surface area (TPSA) is 42.2 Å². The van der Waals surface area contributed by atoms with Crippen LogP contribution < -0.4 is 0 Å². The molecule has 0 unspecified atom stereocenters. The number of carboxylic acids is 1. The number of benzene rings is 2. The summed E-state index contributed by atoms with van der Waals surface area (Å²) in [5, 5.41) is 10.5. The summed E-state index contributed by atoms with van der Waals surface area (Å²) in [4.78, 5) is 11.0. The number of aromatic carboxylic acids is 1. The molecule has 5 heteroatoms. The Morgan fingerprint density at radius 3 is 2.76 bits per heavy atom. The molecule has 1 aromatic heterocycles. The summed E-state index contributed by atoms with van der Waals surface area (Å²) in [5.41, 5.74) is 1.32. The molecule has 3 rings (SSSR count). The van der Waals surface area contributed by atoms with E-state index in [-0.39, 0.29) is 5.56 Å². The fraction of sp³-hybridized carbons (Fsp3) is 0.0625. The molecule has 21 heavy (non-hydrogen) atoms. The third kappa shape index (κ3) is 2.50. The van der Waals surface area contributed by atoms with Crippen LogP contribution in [-0.2, 0) is 6.54 Å². The molecule has 0 fully saturated rings. The standard InChI is InChI=1S/C16H11ClFNO2/c17-13-9-19(15-4-2-1-3-11(13)15)8-10-5-6-14(18)12(7-10)16(20)21/h1-7,9H,8H2,(H,20,21). The van der Waals surface area contributed by atoms with E-state index in [1.807, 2.05) is 28.8 Å². The van der Waals surface area contributed by atoms with Gasteiger partial charge < -0.3 is 9.67 Å². The molecule has 0 spiro atoms. The first-order valence-electron chi connectivity index (χ1n) is 6.31. The fourth-order valence-electron chi connectivity index (χ4n) is 2.36. The van der Waals surface area contributed by atoms with E-state index >= 15 is 0 Å². The highest BCUT2D eigenvalue weighted by atomic mass is 35.5. The van der Waals surface area contributed by atoms with Crippen LogP contribution in [-0.4, -0.2) is 15.6 Å². The molecule has 3 nitrogen and oxygen atoms in total. The first kappa shape index (κ1) is 13.6. The number of carboxylic acid groups (broad SMARTS) is 1. The molecule has 106 valence electrons. The highest BCUT2D eigenvalue weighted by Gasteiger charge is 2.12. The van der Waals surface area contributed by atoms with Crippen LogP contribution in [0.5, 0.6) is 0 Å². The van der Waals surface area contributed by atoms with Gasteiger partial charge in [-0.1, -0.05) is 35.9 Å². The minimum absolute atomic E-state index is 0.324. The zero-order valence-electron chi connectivity index (χ0n) is 10.9. The molecule has 0 aliphatic rings. The van der Waals surface area contributed by atoms with Crippen molar-refractivity contribution < 1.29 is 14.3 Å². The number of hydrogen-bond donors (Lipinski definition) is 1. The molecule has 0 saturated heterocycles. The molecule has 0 saturated carbocycles. The smallest absolute Gasteiger partial charge is 0.338 e. The van der Waals surface area contributed by atoms with Crippen LogP contribution in [0.25, 0.3) is 10.9 Å². The van der Waals surface area contributed by atoms with Gasteiger partial charge in [0.1, 0.15) is 5.82 Å². The Labute approximate surface area is 125 Å². The van der Waals surface area contributed by atoms with Crippen LogP contribution in [0, 0.1) is 5.82 Å². The van der Waals surface area contributed by atoms with Gasteiger partial charge in [0.25, 0.3) is 0 Å². The molecule has 0 aliphatic heterocycles. The zero-order valence-corrected chi connectivity index (χ0v) is 11.6. The van der Waals surface area contributed by atoms with E-state index < -0.39 is 11.8 Å². The van der Waals surface area contributed by atoms with Crippen LogP contribution in [0.4, 0.5) is 4.39 Å². The Bertz CT molecular complexity index is 841. The van der Waals surface area contributed by atoms with Gasteiger partial charge in [0.2, 0.25) is 0 Å². The van der Waals surface area contributed by atoms with Crippen molar-refractivity contribution in [3.8, 4) is 0 Å². The number of fused-ring (bicyclic) bond motifs is 1. The summed E-state index contributed by atoms with van der Waals surface area (Å²) < 4.78 is 15.3. The highest BCUT2D eigenvalue weighted by molar-refractivity contribution is 6.35. The first-order chi connectivity index (χ1) is 10.1. The van der Waals surface area contributed by atoms with Gasteiger partial charge in [-0.2, -0.15) is 0 Å². The van der Waals surface area contributed by atoms with Gasteiger partial charge in [-0.3, -0.25) is 0 Å². The number of aromatic nitrogens is 1. The second kappa shape index (κ2) is 5.22. The van der Waals surface area contributed by atoms with E-state index in [1.165, 1.54) is 12.1 Å². The van der Waals surface area contributed by atoms with Crippen molar-refractivity contribution in [1.82, 2.24) is 4.57 Å². The van der Waals surface area contributed by atoms with Crippen LogP contribution in [0.3, 0.4) is 0 Å². The lowest BCUT2D eigenvalue weighted by atomic mass is 10.1. The lowest BCUT2D eigenvalue weighted by Gasteiger charge is -2.07. The molecule has 1 heterocycles. The number of carbonyl (C=O) groups is 1. The van der Waals surface area contributed by atoms with Crippen molar-refractivity contribution in [1.29, 1.82) is 0 Å². The van der Waals surface area contributed by atoms with Crippen molar-refractivity contribution in [3.05, 3.63) is 70.6 Å². The van der Waals surface area contributed by atoms with Gasteiger partial charge >= 0.3 is 5.97 Å². The minimum Gasteiger partial charge on any atom is -0.478 e. The summed E-state index contributed by atoms with van der Waals surface area (Å²) in [6.07, 6.45) is 1.79. The molecule has 3 aromatic rings. The summed E-state index contributed by atoms with van der Waals surface area (Å²) in [6, 6.07) is 11.8. The SMILES string of the molecule is O=C(O)c1cc(Cn2cc(Cl)c3ccccc32)ccc1F. The second-order valence-corrected chi connectivity index (χ2v) is 5.15. The number of para-hydroxylation sites is 1. The van der Waals surface area contributed by atoms with Crippen molar-refractivity contribution >= 4 is 28.5 Å². The monoisotopic (exact) mass is 303 g/mol. The average Bonchev–Trinajstić information content (AvgIpc) is 2.78. The number of hydrogen-bond acceptors (Lipinski definition) is 1. The Balaban J connectivity index is 2.03. The largest absolute Gasteiger partial charge is 0.478 e. The van der Waals surface area contributed by atoms with Crippen molar-refractivity contribution in [2.75, 3.05) is 0 Å². The molecule has 0 amide bonds. The van der Waals surface area contributed by atoms with E-state index in [4.69, 9.17) is 16.7 Å². The maximum absolute atomic E-state index is 13.4. The quantitative estimate of drug-likeness (QED) is 0.788. The predicted octanol–water partition coefficient (Wildman–Crippen LogP) is 4.18. The van der Waals surface area contributed by atoms with Crippen LogP contribution in [0.15, 0.2) is 48.7 Å². The Morgan fingerprint density at radius 1 is 1.24 bits per heavy atom. The van der Waals surface area contributed by atoms with Gasteiger partial charge in [-0.15, -0.1) is 0 Å². The Hall–Kier alpha value is -2.33. The van der Waals surface area contributed by atoms with Crippen LogP contribution in [0.1, 0.15) is 15.9 Å². The summed E-state index contributed by atoms with van der Waals surface area (Å²) in [6.45, 7) is 0.424. The average molecular weight is 304 g/mol. The summed E-state index contributed by atoms with van der Waals surface area (Å²) >= 11 is 6.18. The van der Waals surface area contributed by atoms with Crippen LogP contribution in [0.2, 0.25) is 5.02 Å². The van der Waals surface area contributed by atoms with E-state index in [0.717, 1.165) is 10.9 Å². The third-order valence-corrected chi connectivity index (χ3v) is 3.66. The molecule has 0 aliphatic carbocycles. The lowest BCUT2D eigenvalue weighted by molar-refractivity contribution is 0.0691. The molecule has 0 radical (unpaired) electrons. The second-order valence-electron chi connectivity index (χ2n) is 4.74. The normalized spacial score (nSPS) is 11.0. The molecule has 2 aromatic carbocycles. The molecular weight excluding hydrogens is 293 g/mol. The van der Waals surface area contributed by atoms with Gasteiger partial charge in [0.15, 0.2) is 0 Å². The fourth-order valence-corrected chi connectivity index (χ4v) is 2.64. The number of nitrogens with zero attached hydrogens (tertiary/aromatic N) is 1. The summed E-state index contributed by atoms with van der Waals surface area (Å²) in [7, 11) is 0. The van der Waals surface area contributed by atoms with Gasteiger partial charge in [0, 0.05) is 23.6 Å². The molecular formula is C16H11ClFNO2. The molecule has 1 N–H and O–H groups in total. The molecule has 0 bridgehead atoms. The van der Waals surface area contributed by atoms with E-state index in [0.29, 0.717) is 17.1 Å². The number of halogens is 2. The van der Waals surface area contributed by atoms with Crippen LogP contribution >= 0.6 is 11.6 Å². The Morgan fingerprint density at radius 2 is 2.00 bits per heavy atom. The number of rotatable bonds is 3. The minimum atomic E-state index is -1.27. The zero-order chi connectivity index (χ0) is 15.0. The maximum atomic E-state index is 13.4. The van der Waals surface area contributed by atoms with Gasteiger partial charge in [-0.25, -0.2) is 9.18 Å². The first-order valence-corrected chi connectivity index (χ1v) is 6.69. The summed E-state index contributed by atoms with van der Waals surface area (Å²) in [5.74, 6) is -2.01. The lowest BCUT2D eigenvalue weighted by Crippen LogP contribution is -2.04. The molecule has 0 atom stereocenters. The van der Waals surface area contributed by atoms with Crippen molar-refractivity contribution in [2.45, 2.75) is 6.54 Å². The predicted molar refractivity (Wildman–Crippen MR) is 79.4 cm³/mol. The highest BCUT2D eigenvalue weighted by Crippen LogP contribution is 2.26. The third-order valence-electron chi connectivity index (χ3n) is 3.35. The van der Waals surface area contributed by atoms with E-state index in [1.54, 1.807) is 12.3 Å².